The summed E-state index contributed by atoms with van der Waals surface area (Å²) in [5.74, 6) is 0.215. The quantitative estimate of drug-likeness (QED) is 0.571. The van der Waals surface area contributed by atoms with Crippen molar-refractivity contribution in [1.82, 2.24) is 5.32 Å². The average Bonchev–Trinajstić information content (AvgIpc) is 2.43. The molecule has 0 saturated carbocycles. The predicted molar refractivity (Wildman–Crippen MR) is 50.4 cm³/mol. The van der Waals surface area contributed by atoms with E-state index in [1.165, 1.54) is 0 Å². The standard InChI is InChI=1S/C8H13NO3S/c1-4-7-5(6(3-10)11-4)2-9-8(13)12-7/h4-7,10H,2-3H2,1H3,(H,9,13)/t4-,5-,6+,7?/m0/s1. The van der Waals surface area contributed by atoms with Crippen LogP contribution in [0.2, 0.25) is 0 Å². The van der Waals surface area contributed by atoms with Gasteiger partial charge in [-0.25, -0.2) is 0 Å². The van der Waals surface area contributed by atoms with Crippen LogP contribution in [0.25, 0.3) is 0 Å². The van der Waals surface area contributed by atoms with Crippen LogP contribution >= 0.6 is 12.2 Å². The molecule has 0 spiro atoms. The fourth-order valence-corrected chi connectivity index (χ4v) is 2.18. The molecule has 2 heterocycles. The van der Waals surface area contributed by atoms with Crippen molar-refractivity contribution in [3.8, 4) is 0 Å². The second-order valence-corrected chi connectivity index (χ2v) is 3.85. The van der Waals surface area contributed by atoms with Gasteiger partial charge in [0.15, 0.2) is 0 Å². The van der Waals surface area contributed by atoms with Gasteiger partial charge in [0.05, 0.1) is 18.8 Å². The Balaban J connectivity index is 2.09. The molecule has 5 heteroatoms. The van der Waals surface area contributed by atoms with Gasteiger partial charge in [-0.3, -0.25) is 0 Å². The molecule has 13 heavy (non-hydrogen) atoms. The van der Waals surface area contributed by atoms with E-state index in [0.29, 0.717) is 5.17 Å². The van der Waals surface area contributed by atoms with Crippen LogP contribution in [0.15, 0.2) is 0 Å². The normalized spacial score (nSPS) is 43.7. The van der Waals surface area contributed by atoms with Crippen LogP contribution in [0.1, 0.15) is 6.92 Å². The number of nitrogens with one attached hydrogen (secondary N) is 1. The zero-order valence-electron chi connectivity index (χ0n) is 7.40. The van der Waals surface area contributed by atoms with E-state index in [-0.39, 0.29) is 30.8 Å². The van der Waals surface area contributed by atoms with Gasteiger partial charge in [0.2, 0.25) is 0 Å². The highest BCUT2D eigenvalue weighted by atomic mass is 32.1. The van der Waals surface area contributed by atoms with E-state index in [4.69, 9.17) is 26.8 Å². The van der Waals surface area contributed by atoms with Crippen LogP contribution in [0, 0.1) is 5.92 Å². The van der Waals surface area contributed by atoms with Crippen molar-refractivity contribution in [2.24, 2.45) is 5.92 Å². The summed E-state index contributed by atoms with van der Waals surface area (Å²) in [5.41, 5.74) is 0. The molecule has 2 N–H and O–H groups in total. The Hall–Kier alpha value is -0.390. The third-order valence-electron chi connectivity index (χ3n) is 2.66. The number of aliphatic hydroxyl groups excluding tert-OH is 1. The maximum atomic E-state index is 9.05. The van der Waals surface area contributed by atoms with E-state index < -0.39 is 0 Å². The van der Waals surface area contributed by atoms with Gasteiger partial charge in [-0.2, -0.15) is 0 Å². The largest absolute Gasteiger partial charge is 0.465 e. The lowest BCUT2D eigenvalue weighted by Gasteiger charge is -2.29. The van der Waals surface area contributed by atoms with Crippen molar-refractivity contribution < 1.29 is 14.6 Å². The number of hydrogen-bond acceptors (Lipinski definition) is 4. The Morgan fingerprint density at radius 3 is 3.15 bits per heavy atom. The van der Waals surface area contributed by atoms with Crippen LogP contribution in [0.5, 0.6) is 0 Å². The first-order valence-electron chi connectivity index (χ1n) is 4.43. The number of ether oxygens (including phenoxy) is 2. The SMILES string of the molecule is C[C@@H]1O[C@H](CO)[C@@H]2CNC(=S)OC12. The fraction of sp³-hybridized carbons (Fsp3) is 0.875. The zero-order chi connectivity index (χ0) is 9.42. The summed E-state index contributed by atoms with van der Waals surface area (Å²) in [5, 5.41) is 12.4. The van der Waals surface area contributed by atoms with Crippen LogP contribution in [0.3, 0.4) is 0 Å². The highest BCUT2D eigenvalue weighted by molar-refractivity contribution is 7.80. The van der Waals surface area contributed by atoms with Crippen molar-refractivity contribution >= 4 is 17.4 Å². The van der Waals surface area contributed by atoms with Crippen molar-refractivity contribution in [1.29, 1.82) is 0 Å². The van der Waals surface area contributed by atoms with Crippen molar-refractivity contribution in [3.05, 3.63) is 0 Å². The lowest BCUT2D eigenvalue weighted by molar-refractivity contribution is 0.00105. The number of thiocarbonyl (C=S) groups is 1. The number of rotatable bonds is 1. The van der Waals surface area contributed by atoms with Gasteiger partial charge >= 0.3 is 0 Å². The molecule has 0 radical (unpaired) electrons. The number of fused-ring (bicyclic) bond motifs is 1. The van der Waals surface area contributed by atoms with Gasteiger partial charge < -0.3 is 19.9 Å². The Labute approximate surface area is 82.2 Å². The number of hydrogen-bond donors (Lipinski definition) is 2. The first kappa shape index (κ1) is 9.18. The molecule has 2 aliphatic rings. The van der Waals surface area contributed by atoms with E-state index >= 15 is 0 Å². The average molecular weight is 203 g/mol. The molecule has 0 aromatic carbocycles. The first-order chi connectivity index (χ1) is 6.22. The molecule has 2 fully saturated rings. The lowest BCUT2D eigenvalue weighted by atomic mass is 9.96. The van der Waals surface area contributed by atoms with Crippen LogP contribution in [-0.4, -0.2) is 41.7 Å². The van der Waals surface area contributed by atoms with Gasteiger partial charge in [-0.1, -0.05) is 0 Å². The third kappa shape index (κ3) is 1.51. The minimum Gasteiger partial charge on any atom is -0.465 e. The molecule has 2 aliphatic heterocycles. The van der Waals surface area contributed by atoms with Crippen LogP contribution in [0.4, 0.5) is 0 Å². The van der Waals surface area contributed by atoms with Crippen molar-refractivity contribution in [2.45, 2.75) is 25.2 Å². The van der Waals surface area contributed by atoms with Crippen LogP contribution < -0.4 is 5.32 Å². The summed E-state index contributed by atoms with van der Waals surface area (Å²) in [6.07, 6.45) is -0.0938. The molecule has 2 saturated heterocycles. The van der Waals surface area contributed by atoms with Gasteiger partial charge in [-0.05, 0) is 19.1 Å². The number of aliphatic hydroxyl groups is 1. The summed E-state index contributed by atoms with van der Waals surface area (Å²) >= 11 is 4.91. The molecule has 4 nitrogen and oxygen atoms in total. The highest BCUT2D eigenvalue weighted by Crippen LogP contribution is 2.30. The van der Waals surface area contributed by atoms with Crippen molar-refractivity contribution in [3.63, 3.8) is 0 Å². The van der Waals surface area contributed by atoms with Gasteiger partial charge in [0.1, 0.15) is 6.10 Å². The molecule has 0 aromatic heterocycles. The smallest absolute Gasteiger partial charge is 0.257 e. The first-order valence-corrected chi connectivity index (χ1v) is 4.84. The van der Waals surface area contributed by atoms with E-state index in [1.807, 2.05) is 6.92 Å². The van der Waals surface area contributed by atoms with Gasteiger partial charge in [-0.15, -0.1) is 0 Å². The van der Waals surface area contributed by atoms with Crippen LogP contribution in [-0.2, 0) is 9.47 Å². The summed E-state index contributed by atoms with van der Waals surface area (Å²) in [6, 6.07) is 0. The summed E-state index contributed by atoms with van der Waals surface area (Å²) in [4.78, 5) is 0. The maximum Gasteiger partial charge on any atom is 0.257 e. The van der Waals surface area contributed by atoms with Crippen molar-refractivity contribution in [2.75, 3.05) is 13.2 Å². The molecule has 4 atom stereocenters. The predicted octanol–water partition coefficient (Wildman–Crippen LogP) is -0.344. The van der Waals surface area contributed by atoms with Gasteiger partial charge in [0, 0.05) is 12.5 Å². The molecular formula is C8H13NO3S. The summed E-state index contributed by atoms with van der Waals surface area (Å²) in [6.45, 7) is 2.73. The lowest BCUT2D eigenvalue weighted by Crippen LogP contribution is -2.48. The van der Waals surface area contributed by atoms with E-state index in [9.17, 15) is 0 Å². The Morgan fingerprint density at radius 2 is 2.46 bits per heavy atom. The Kier molecular flexibility index (Phi) is 2.40. The molecule has 0 aromatic rings. The van der Waals surface area contributed by atoms with E-state index in [0.717, 1.165) is 6.54 Å². The monoisotopic (exact) mass is 203 g/mol. The van der Waals surface area contributed by atoms with E-state index in [2.05, 4.69) is 5.32 Å². The molecule has 0 amide bonds. The Bertz CT molecular complexity index is 223. The molecule has 0 aliphatic carbocycles. The minimum absolute atomic E-state index is 0.00546. The minimum atomic E-state index is -0.115. The Morgan fingerprint density at radius 1 is 1.69 bits per heavy atom. The molecule has 1 unspecified atom stereocenters. The van der Waals surface area contributed by atoms with Gasteiger partial charge in [0.25, 0.3) is 5.17 Å². The third-order valence-corrected chi connectivity index (χ3v) is 2.90. The molecule has 2 rings (SSSR count). The fourth-order valence-electron chi connectivity index (χ4n) is 1.99. The molecular weight excluding hydrogens is 190 g/mol. The topological polar surface area (TPSA) is 50.7 Å². The summed E-state index contributed by atoms with van der Waals surface area (Å²) in [7, 11) is 0. The zero-order valence-corrected chi connectivity index (χ0v) is 8.21. The molecule has 0 bridgehead atoms. The highest BCUT2D eigenvalue weighted by Gasteiger charge is 2.45. The molecule has 74 valence electrons. The summed E-state index contributed by atoms with van der Waals surface area (Å²) < 4.78 is 11.0. The second-order valence-electron chi connectivity index (χ2n) is 3.48. The maximum absolute atomic E-state index is 9.05. The van der Waals surface area contributed by atoms with E-state index in [1.54, 1.807) is 0 Å². The second kappa shape index (κ2) is 3.40.